The topological polar surface area (TPSA) is 35.8 Å². The zero-order valence-electron chi connectivity index (χ0n) is 6.42. The van der Waals surface area contributed by atoms with E-state index in [1.165, 1.54) is 0 Å². The first kappa shape index (κ1) is 8.43. The summed E-state index contributed by atoms with van der Waals surface area (Å²) < 4.78 is 0. The fraction of sp³-hybridized carbons (Fsp3) is 0.833. The molecule has 54 valence electrons. The Bertz CT molecular complexity index is 108. The molecule has 0 saturated carbocycles. The van der Waals surface area contributed by atoms with Gasteiger partial charge in [0.15, 0.2) is 0 Å². The Morgan fingerprint density at radius 3 is 2.11 bits per heavy atom. The lowest BCUT2D eigenvalue weighted by atomic mass is 10.3. The van der Waals surface area contributed by atoms with E-state index >= 15 is 0 Å². The maximum Gasteiger partial charge on any atom is 0.0907 e. The Balaban J connectivity index is 3.84. The van der Waals surface area contributed by atoms with Crippen molar-refractivity contribution in [2.75, 3.05) is 14.1 Å². The van der Waals surface area contributed by atoms with Gasteiger partial charge in [0.05, 0.1) is 11.8 Å². The smallest absolute Gasteiger partial charge is 0.0907 e. The average Bonchev–Trinajstić information content (AvgIpc) is 1.63. The Morgan fingerprint density at radius 2 is 2.00 bits per heavy atom. The number of nitrogens with zero attached hydrogens (tertiary/aromatic N) is 2. The van der Waals surface area contributed by atoms with Crippen molar-refractivity contribution in [2.24, 2.45) is 5.10 Å². The maximum atomic E-state index is 8.91. The molecule has 1 atom stereocenters. The summed E-state index contributed by atoms with van der Waals surface area (Å²) in [4.78, 5) is 0. The lowest BCUT2D eigenvalue weighted by Gasteiger charge is -2.08. The van der Waals surface area contributed by atoms with Crippen molar-refractivity contribution >= 4 is 5.71 Å². The molecular weight excluding hydrogens is 116 g/mol. The second-order valence-electron chi connectivity index (χ2n) is 2.26. The molecule has 3 nitrogen and oxygen atoms in total. The summed E-state index contributed by atoms with van der Waals surface area (Å²) in [5.74, 6) is 0. The van der Waals surface area contributed by atoms with Crippen LogP contribution in [0, 0.1) is 0 Å². The van der Waals surface area contributed by atoms with Gasteiger partial charge in [0.1, 0.15) is 0 Å². The van der Waals surface area contributed by atoms with Crippen molar-refractivity contribution in [2.45, 2.75) is 20.0 Å². The highest BCUT2D eigenvalue weighted by Gasteiger charge is 1.98. The second kappa shape index (κ2) is 3.45. The van der Waals surface area contributed by atoms with E-state index in [-0.39, 0.29) is 0 Å². The standard InChI is InChI=1S/C6H14N2O/c1-5(6(2)9)7-8(3)4/h6,9H,1-4H3. The van der Waals surface area contributed by atoms with E-state index in [9.17, 15) is 0 Å². The zero-order chi connectivity index (χ0) is 7.44. The van der Waals surface area contributed by atoms with Crippen LogP contribution >= 0.6 is 0 Å². The van der Waals surface area contributed by atoms with Crippen LogP contribution in [0.1, 0.15) is 13.8 Å². The fourth-order valence-electron chi connectivity index (χ4n) is 0.399. The first-order valence-electron chi connectivity index (χ1n) is 2.94. The van der Waals surface area contributed by atoms with E-state index < -0.39 is 6.10 Å². The number of hydrogen-bond acceptors (Lipinski definition) is 3. The molecule has 0 fully saturated rings. The van der Waals surface area contributed by atoms with E-state index in [4.69, 9.17) is 5.11 Å². The largest absolute Gasteiger partial charge is 0.387 e. The van der Waals surface area contributed by atoms with Crippen LogP contribution in [-0.4, -0.2) is 36.0 Å². The molecule has 3 heteroatoms. The molecule has 0 radical (unpaired) electrons. The van der Waals surface area contributed by atoms with Gasteiger partial charge in [0, 0.05) is 14.1 Å². The minimum absolute atomic E-state index is 0.438. The van der Waals surface area contributed by atoms with Gasteiger partial charge in [0.2, 0.25) is 0 Å². The summed E-state index contributed by atoms with van der Waals surface area (Å²) >= 11 is 0. The van der Waals surface area contributed by atoms with Crippen LogP contribution in [0.25, 0.3) is 0 Å². The molecule has 0 aromatic heterocycles. The summed E-state index contributed by atoms with van der Waals surface area (Å²) in [6.45, 7) is 3.49. The Hall–Kier alpha value is -0.570. The van der Waals surface area contributed by atoms with Gasteiger partial charge < -0.3 is 10.1 Å². The average molecular weight is 130 g/mol. The molecule has 0 rings (SSSR count). The molecule has 0 aliphatic rings. The van der Waals surface area contributed by atoms with Gasteiger partial charge in [-0.1, -0.05) is 0 Å². The van der Waals surface area contributed by atoms with Crippen molar-refractivity contribution in [3.8, 4) is 0 Å². The van der Waals surface area contributed by atoms with Gasteiger partial charge in [-0.05, 0) is 13.8 Å². The predicted octanol–water partition coefficient (Wildman–Crippen LogP) is 0.305. The molecular formula is C6H14N2O. The van der Waals surface area contributed by atoms with Crippen molar-refractivity contribution in [1.82, 2.24) is 5.01 Å². The molecule has 0 aromatic carbocycles. The van der Waals surface area contributed by atoms with E-state index in [0.29, 0.717) is 0 Å². The summed E-state index contributed by atoms with van der Waals surface area (Å²) in [5.41, 5.74) is 0.736. The molecule has 0 bridgehead atoms. The highest BCUT2D eigenvalue weighted by molar-refractivity contribution is 5.85. The Kier molecular flexibility index (Phi) is 3.24. The normalized spacial score (nSPS) is 15.4. The van der Waals surface area contributed by atoms with Crippen LogP contribution in [-0.2, 0) is 0 Å². The van der Waals surface area contributed by atoms with Crippen LogP contribution in [0.4, 0.5) is 0 Å². The molecule has 9 heavy (non-hydrogen) atoms. The highest BCUT2D eigenvalue weighted by atomic mass is 16.3. The summed E-state index contributed by atoms with van der Waals surface area (Å²) in [5, 5.41) is 14.6. The SMILES string of the molecule is CC(=NN(C)C)C(C)O. The quantitative estimate of drug-likeness (QED) is 0.431. The molecule has 0 saturated heterocycles. The molecule has 0 spiro atoms. The number of aliphatic hydroxyl groups is 1. The Labute approximate surface area is 56.0 Å². The number of aliphatic hydroxyl groups excluding tert-OH is 1. The van der Waals surface area contributed by atoms with Gasteiger partial charge in [-0.25, -0.2) is 0 Å². The molecule has 1 N–H and O–H groups in total. The third-order valence-electron chi connectivity index (χ3n) is 0.962. The minimum Gasteiger partial charge on any atom is -0.387 e. The first-order chi connectivity index (χ1) is 4.04. The number of hydrazone groups is 1. The first-order valence-corrected chi connectivity index (χ1v) is 2.94. The molecule has 0 aromatic rings. The Morgan fingerprint density at radius 1 is 1.56 bits per heavy atom. The number of hydrogen-bond donors (Lipinski definition) is 1. The molecule has 1 unspecified atom stereocenters. The lowest BCUT2D eigenvalue weighted by Crippen LogP contribution is -2.16. The summed E-state index contributed by atoms with van der Waals surface area (Å²) in [7, 11) is 3.65. The van der Waals surface area contributed by atoms with Gasteiger partial charge in [-0.3, -0.25) is 0 Å². The zero-order valence-corrected chi connectivity index (χ0v) is 6.42. The second-order valence-corrected chi connectivity index (χ2v) is 2.26. The van der Waals surface area contributed by atoms with Crippen LogP contribution in [0.2, 0.25) is 0 Å². The van der Waals surface area contributed by atoms with Gasteiger partial charge in [-0.2, -0.15) is 5.10 Å². The van der Waals surface area contributed by atoms with Crippen LogP contribution in [0.3, 0.4) is 0 Å². The summed E-state index contributed by atoms with van der Waals surface area (Å²) in [6.07, 6.45) is -0.438. The molecule has 0 aliphatic heterocycles. The van der Waals surface area contributed by atoms with Gasteiger partial charge in [0.25, 0.3) is 0 Å². The van der Waals surface area contributed by atoms with E-state index in [2.05, 4.69) is 5.10 Å². The van der Waals surface area contributed by atoms with E-state index in [1.54, 1.807) is 18.9 Å². The third kappa shape index (κ3) is 3.97. The monoisotopic (exact) mass is 130 g/mol. The fourth-order valence-corrected chi connectivity index (χ4v) is 0.399. The van der Waals surface area contributed by atoms with Crippen molar-refractivity contribution in [3.05, 3.63) is 0 Å². The van der Waals surface area contributed by atoms with Gasteiger partial charge in [-0.15, -0.1) is 0 Å². The number of rotatable bonds is 2. The van der Waals surface area contributed by atoms with E-state index in [0.717, 1.165) is 5.71 Å². The highest BCUT2D eigenvalue weighted by Crippen LogP contribution is 1.87. The van der Waals surface area contributed by atoms with Crippen molar-refractivity contribution < 1.29 is 5.11 Å². The predicted molar refractivity (Wildman–Crippen MR) is 38.5 cm³/mol. The molecule has 0 amide bonds. The van der Waals surface area contributed by atoms with Gasteiger partial charge >= 0.3 is 0 Å². The van der Waals surface area contributed by atoms with Crippen molar-refractivity contribution in [3.63, 3.8) is 0 Å². The third-order valence-corrected chi connectivity index (χ3v) is 0.962. The van der Waals surface area contributed by atoms with Crippen LogP contribution < -0.4 is 0 Å². The lowest BCUT2D eigenvalue weighted by molar-refractivity contribution is 0.257. The van der Waals surface area contributed by atoms with Crippen molar-refractivity contribution in [1.29, 1.82) is 0 Å². The van der Waals surface area contributed by atoms with E-state index in [1.807, 2.05) is 14.1 Å². The van der Waals surface area contributed by atoms with Crippen LogP contribution in [0.5, 0.6) is 0 Å². The molecule has 0 heterocycles. The van der Waals surface area contributed by atoms with Crippen LogP contribution in [0.15, 0.2) is 5.10 Å². The molecule has 0 aliphatic carbocycles. The maximum absolute atomic E-state index is 8.91. The summed E-state index contributed by atoms with van der Waals surface area (Å²) in [6, 6.07) is 0. The minimum atomic E-state index is -0.438.